The molecule has 1 heterocycles. The van der Waals surface area contributed by atoms with Gasteiger partial charge in [-0.3, -0.25) is 4.79 Å². The van der Waals surface area contributed by atoms with Gasteiger partial charge in [-0.05, 0) is 25.1 Å². The lowest BCUT2D eigenvalue weighted by Crippen LogP contribution is -2.23. The van der Waals surface area contributed by atoms with Crippen LogP contribution in [0.3, 0.4) is 0 Å². The van der Waals surface area contributed by atoms with Gasteiger partial charge in [-0.1, -0.05) is 23.4 Å². The molecule has 0 radical (unpaired) electrons. The van der Waals surface area contributed by atoms with Crippen molar-refractivity contribution in [1.82, 2.24) is 5.32 Å². The summed E-state index contributed by atoms with van der Waals surface area (Å²) in [5, 5.41) is 3.01. The van der Waals surface area contributed by atoms with Crippen molar-refractivity contribution < 1.29 is 9.18 Å². The van der Waals surface area contributed by atoms with E-state index in [1.165, 1.54) is 30.0 Å². The third-order valence-corrected chi connectivity index (χ3v) is 3.30. The van der Waals surface area contributed by atoms with Gasteiger partial charge in [-0.2, -0.15) is 0 Å². The Hall–Kier alpha value is -1.07. The van der Waals surface area contributed by atoms with Crippen LogP contribution >= 0.6 is 23.4 Å². The lowest BCUT2D eigenvalue weighted by atomic mass is 10.3. The molecule has 1 unspecified atom stereocenters. The third kappa shape index (κ3) is 2.36. The molecule has 1 aromatic carbocycles. The summed E-state index contributed by atoms with van der Waals surface area (Å²) in [7, 11) is 0. The Labute approximate surface area is 101 Å². The molecule has 16 heavy (non-hydrogen) atoms. The number of hydrogen-bond donors (Lipinski definition) is 1. The first-order valence-electron chi connectivity index (χ1n) is 4.57. The van der Waals surface area contributed by atoms with Crippen LogP contribution in [0.1, 0.15) is 6.92 Å². The molecule has 1 N–H and O–H groups in total. The molecule has 1 amide bonds. The molecule has 1 aliphatic rings. The summed E-state index contributed by atoms with van der Waals surface area (Å²) >= 11 is 6.95. The number of thioether (sulfide) groups is 1. The van der Waals surface area contributed by atoms with Crippen molar-refractivity contribution in [3.63, 3.8) is 0 Å². The zero-order chi connectivity index (χ0) is 11.7. The number of amidine groups is 1. The average molecular weight is 259 g/mol. The molecule has 1 aromatic rings. The van der Waals surface area contributed by atoms with Crippen LogP contribution < -0.4 is 5.32 Å². The van der Waals surface area contributed by atoms with Gasteiger partial charge in [-0.15, -0.1) is 0 Å². The predicted molar refractivity (Wildman–Crippen MR) is 63.7 cm³/mol. The Morgan fingerprint density at radius 3 is 2.88 bits per heavy atom. The van der Waals surface area contributed by atoms with Crippen molar-refractivity contribution >= 4 is 40.1 Å². The Balaban J connectivity index is 2.24. The molecule has 2 rings (SSSR count). The maximum absolute atomic E-state index is 12.9. The number of hydrogen-bond acceptors (Lipinski definition) is 3. The quantitative estimate of drug-likeness (QED) is 0.842. The number of amides is 1. The fourth-order valence-corrected chi connectivity index (χ4v) is 2.18. The van der Waals surface area contributed by atoms with Crippen LogP contribution in [0.15, 0.2) is 23.2 Å². The summed E-state index contributed by atoms with van der Waals surface area (Å²) in [6.45, 7) is 1.79. The highest BCUT2D eigenvalue weighted by molar-refractivity contribution is 8.15. The van der Waals surface area contributed by atoms with Gasteiger partial charge in [-0.25, -0.2) is 9.38 Å². The van der Waals surface area contributed by atoms with Crippen LogP contribution in [-0.4, -0.2) is 16.3 Å². The number of nitrogens with one attached hydrogen (secondary N) is 1. The third-order valence-electron chi connectivity index (χ3n) is 2.02. The Kier molecular flexibility index (Phi) is 3.16. The minimum atomic E-state index is -0.484. The van der Waals surface area contributed by atoms with Crippen molar-refractivity contribution in [2.24, 2.45) is 4.99 Å². The number of nitrogens with zero attached hydrogens (tertiary/aromatic N) is 1. The van der Waals surface area contributed by atoms with E-state index in [9.17, 15) is 9.18 Å². The van der Waals surface area contributed by atoms with Gasteiger partial charge in [0.2, 0.25) is 5.91 Å². The van der Waals surface area contributed by atoms with E-state index in [0.29, 0.717) is 10.9 Å². The van der Waals surface area contributed by atoms with Gasteiger partial charge < -0.3 is 5.32 Å². The fraction of sp³-hybridized carbons (Fsp3) is 0.200. The summed E-state index contributed by atoms with van der Waals surface area (Å²) in [6, 6.07) is 4.16. The molecule has 1 aliphatic heterocycles. The molecule has 1 saturated heterocycles. The highest BCUT2D eigenvalue weighted by Gasteiger charge is 2.25. The van der Waals surface area contributed by atoms with Crippen LogP contribution in [0.25, 0.3) is 0 Å². The van der Waals surface area contributed by atoms with E-state index >= 15 is 0 Å². The topological polar surface area (TPSA) is 41.5 Å². The number of rotatable bonds is 1. The van der Waals surface area contributed by atoms with Crippen molar-refractivity contribution in [3.8, 4) is 0 Å². The summed E-state index contributed by atoms with van der Waals surface area (Å²) in [4.78, 5) is 15.4. The van der Waals surface area contributed by atoms with Gasteiger partial charge in [0.15, 0.2) is 5.17 Å². The van der Waals surface area contributed by atoms with Crippen molar-refractivity contribution in [1.29, 1.82) is 0 Å². The molecule has 3 nitrogen and oxygen atoms in total. The molecule has 0 saturated carbocycles. The summed E-state index contributed by atoms with van der Waals surface area (Å²) in [5.74, 6) is -0.556. The average Bonchev–Trinajstić information content (AvgIpc) is 2.52. The molecule has 0 spiro atoms. The number of aliphatic imine (C=N–C) groups is 1. The largest absolute Gasteiger partial charge is 0.304 e. The van der Waals surface area contributed by atoms with E-state index in [0.717, 1.165) is 0 Å². The molecule has 0 aromatic heterocycles. The normalized spacial score (nSPS) is 22.6. The molecule has 0 aliphatic carbocycles. The second-order valence-electron chi connectivity index (χ2n) is 3.26. The van der Waals surface area contributed by atoms with E-state index in [4.69, 9.17) is 11.6 Å². The van der Waals surface area contributed by atoms with Crippen LogP contribution in [0.4, 0.5) is 10.1 Å². The number of benzene rings is 1. The van der Waals surface area contributed by atoms with Gasteiger partial charge >= 0.3 is 0 Å². The maximum Gasteiger partial charge on any atom is 0.239 e. The van der Waals surface area contributed by atoms with E-state index in [2.05, 4.69) is 10.3 Å². The zero-order valence-corrected chi connectivity index (χ0v) is 9.90. The molecule has 6 heteroatoms. The highest BCUT2D eigenvalue weighted by atomic mass is 35.5. The SMILES string of the molecule is CC1SC(=Nc2ccc(F)c(Cl)c2)NC1=O. The van der Waals surface area contributed by atoms with E-state index < -0.39 is 5.82 Å². The minimum Gasteiger partial charge on any atom is -0.304 e. The summed E-state index contributed by atoms with van der Waals surface area (Å²) < 4.78 is 12.9. The van der Waals surface area contributed by atoms with Crippen LogP contribution in [0.5, 0.6) is 0 Å². The standard InChI is InChI=1S/C10H8ClFN2OS/c1-5-9(15)14-10(16-5)13-6-2-3-8(12)7(11)4-6/h2-5H,1H3,(H,13,14,15). The number of carbonyl (C=O) groups excluding carboxylic acids is 1. The monoisotopic (exact) mass is 258 g/mol. The Bertz CT molecular complexity index is 478. The van der Waals surface area contributed by atoms with Crippen LogP contribution in [0, 0.1) is 5.82 Å². The van der Waals surface area contributed by atoms with Gasteiger partial charge in [0.1, 0.15) is 5.82 Å². The van der Waals surface area contributed by atoms with E-state index in [1.54, 1.807) is 6.92 Å². The predicted octanol–water partition coefficient (Wildman–Crippen LogP) is 2.72. The smallest absolute Gasteiger partial charge is 0.239 e. The maximum atomic E-state index is 12.9. The first-order valence-corrected chi connectivity index (χ1v) is 5.83. The van der Waals surface area contributed by atoms with Crippen LogP contribution in [0.2, 0.25) is 5.02 Å². The lowest BCUT2D eigenvalue weighted by molar-refractivity contribution is -0.118. The number of carbonyl (C=O) groups is 1. The first-order chi connectivity index (χ1) is 7.56. The summed E-state index contributed by atoms with van der Waals surface area (Å²) in [5.41, 5.74) is 0.517. The number of halogens is 2. The minimum absolute atomic E-state index is 0.0178. The molecular formula is C10H8ClFN2OS. The van der Waals surface area contributed by atoms with Gasteiger partial charge in [0.05, 0.1) is 16.0 Å². The second-order valence-corrected chi connectivity index (χ2v) is 5.00. The lowest BCUT2D eigenvalue weighted by Gasteiger charge is -1.98. The molecule has 1 atom stereocenters. The van der Waals surface area contributed by atoms with Crippen LogP contribution in [-0.2, 0) is 4.79 Å². The van der Waals surface area contributed by atoms with E-state index in [1.807, 2.05) is 0 Å². The first kappa shape index (κ1) is 11.4. The highest BCUT2D eigenvalue weighted by Crippen LogP contribution is 2.25. The van der Waals surface area contributed by atoms with Gasteiger partial charge in [0, 0.05) is 0 Å². The molecule has 1 fully saturated rings. The Morgan fingerprint density at radius 1 is 1.56 bits per heavy atom. The Morgan fingerprint density at radius 2 is 2.31 bits per heavy atom. The van der Waals surface area contributed by atoms with Crippen molar-refractivity contribution in [2.45, 2.75) is 12.2 Å². The molecule has 0 bridgehead atoms. The van der Waals surface area contributed by atoms with Crippen molar-refractivity contribution in [3.05, 3.63) is 29.0 Å². The fourth-order valence-electron chi connectivity index (χ4n) is 1.18. The summed E-state index contributed by atoms with van der Waals surface area (Å²) in [6.07, 6.45) is 0. The molecular weight excluding hydrogens is 251 g/mol. The van der Waals surface area contributed by atoms with Crippen molar-refractivity contribution in [2.75, 3.05) is 0 Å². The zero-order valence-electron chi connectivity index (χ0n) is 8.33. The molecule has 84 valence electrons. The van der Waals surface area contributed by atoms with Gasteiger partial charge in [0.25, 0.3) is 0 Å². The van der Waals surface area contributed by atoms with E-state index in [-0.39, 0.29) is 16.2 Å². The second kappa shape index (κ2) is 4.43.